The van der Waals surface area contributed by atoms with Crippen LogP contribution in [0.3, 0.4) is 0 Å². The average molecular weight is 271 g/mol. The van der Waals surface area contributed by atoms with E-state index in [1.165, 1.54) is 7.11 Å². The molecule has 2 atom stereocenters. The van der Waals surface area contributed by atoms with Crippen molar-refractivity contribution in [2.24, 2.45) is 10.9 Å². The normalized spacial score (nSPS) is 23.3. The number of rotatable bonds is 3. The van der Waals surface area contributed by atoms with Crippen molar-refractivity contribution in [1.82, 2.24) is 0 Å². The van der Waals surface area contributed by atoms with Crippen molar-refractivity contribution in [2.75, 3.05) is 7.11 Å². The maximum atomic E-state index is 12.9. The average Bonchev–Trinajstić information content (AvgIpc) is 2.81. The summed E-state index contributed by atoms with van der Waals surface area (Å²) in [5, 5.41) is 0. The Morgan fingerprint density at radius 3 is 2.53 bits per heavy atom. The summed E-state index contributed by atoms with van der Waals surface area (Å²) < 4.78 is 43.6. The molecule has 1 heterocycles. The fraction of sp³-hybridized carbons (Fsp3) is 0.500. The highest BCUT2D eigenvalue weighted by atomic mass is 19.4. The third-order valence-corrected chi connectivity index (χ3v) is 3.40. The maximum absolute atomic E-state index is 12.9. The van der Waals surface area contributed by atoms with Gasteiger partial charge in [-0.25, -0.2) is 0 Å². The number of hydrogen-bond donors (Lipinski definition) is 0. The minimum Gasteiger partial charge on any atom is -0.484 e. The zero-order valence-corrected chi connectivity index (χ0v) is 10.7. The lowest BCUT2D eigenvalue weighted by molar-refractivity contribution is -0.176. The molecule has 19 heavy (non-hydrogen) atoms. The van der Waals surface area contributed by atoms with Gasteiger partial charge < -0.3 is 4.74 Å². The summed E-state index contributed by atoms with van der Waals surface area (Å²) in [6, 6.07) is 8.76. The fourth-order valence-corrected chi connectivity index (χ4v) is 2.35. The van der Waals surface area contributed by atoms with Crippen LogP contribution in [0.25, 0.3) is 0 Å². The van der Waals surface area contributed by atoms with Gasteiger partial charge in [0.1, 0.15) is 0 Å². The molecule has 0 bridgehead atoms. The molecule has 0 saturated carbocycles. The third kappa shape index (κ3) is 3.49. The Labute approximate surface area is 110 Å². The number of ether oxygens (including phenoxy) is 1. The van der Waals surface area contributed by atoms with Gasteiger partial charge in [-0.1, -0.05) is 30.3 Å². The molecule has 0 spiro atoms. The van der Waals surface area contributed by atoms with E-state index in [0.717, 1.165) is 5.56 Å². The van der Waals surface area contributed by atoms with E-state index in [2.05, 4.69) is 4.99 Å². The van der Waals surface area contributed by atoms with Crippen LogP contribution >= 0.6 is 0 Å². The molecule has 0 N–H and O–H groups in total. The van der Waals surface area contributed by atoms with Crippen LogP contribution in [0.4, 0.5) is 13.2 Å². The highest BCUT2D eigenvalue weighted by Crippen LogP contribution is 2.38. The molecular weight excluding hydrogens is 255 g/mol. The molecule has 1 aromatic carbocycles. The summed E-state index contributed by atoms with van der Waals surface area (Å²) in [6.07, 6.45) is -3.37. The fourth-order valence-electron chi connectivity index (χ4n) is 2.35. The van der Waals surface area contributed by atoms with Gasteiger partial charge in [-0.2, -0.15) is 13.2 Å². The zero-order valence-electron chi connectivity index (χ0n) is 10.7. The van der Waals surface area contributed by atoms with E-state index < -0.39 is 18.1 Å². The minimum atomic E-state index is -4.22. The van der Waals surface area contributed by atoms with Crippen LogP contribution in [0, 0.1) is 5.92 Å². The second kappa shape index (κ2) is 5.63. The molecule has 2 unspecified atom stereocenters. The molecule has 0 aliphatic carbocycles. The van der Waals surface area contributed by atoms with Gasteiger partial charge in [0.2, 0.25) is 0 Å². The maximum Gasteiger partial charge on any atom is 0.394 e. The van der Waals surface area contributed by atoms with Gasteiger partial charge in [0, 0.05) is 6.42 Å². The lowest BCUT2D eigenvalue weighted by Gasteiger charge is -2.20. The molecular formula is C14H16F3NO. The van der Waals surface area contributed by atoms with Crippen molar-refractivity contribution in [3.63, 3.8) is 0 Å². The van der Waals surface area contributed by atoms with Crippen molar-refractivity contribution >= 4 is 5.90 Å². The molecule has 2 nitrogen and oxygen atoms in total. The Bertz CT molecular complexity index is 442. The van der Waals surface area contributed by atoms with Crippen LogP contribution < -0.4 is 0 Å². The Kier molecular flexibility index (Phi) is 4.12. The molecule has 0 aromatic heterocycles. The van der Waals surface area contributed by atoms with E-state index in [1.807, 2.05) is 30.3 Å². The predicted octanol–water partition coefficient (Wildman–Crippen LogP) is 3.61. The van der Waals surface area contributed by atoms with E-state index in [9.17, 15) is 13.2 Å². The van der Waals surface area contributed by atoms with Crippen LogP contribution in [0.1, 0.15) is 18.4 Å². The molecule has 104 valence electrons. The smallest absolute Gasteiger partial charge is 0.394 e. The molecule has 1 aromatic rings. The molecule has 5 heteroatoms. The van der Waals surface area contributed by atoms with Crippen molar-refractivity contribution in [1.29, 1.82) is 0 Å². The summed E-state index contributed by atoms with van der Waals surface area (Å²) in [5.74, 6) is -1.20. The Hall–Kier alpha value is -1.52. The van der Waals surface area contributed by atoms with Crippen molar-refractivity contribution in [3.05, 3.63) is 35.9 Å². The number of methoxy groups -OCH3 is 1. The first kappa shape index (κ1) is 13.9. The highest BCUT2D eigenvalue weighted by molar-refractivity contribution is 5.78. The van der Waals surface area contributed by atoms with Gasteiger partial charge in [0.15, 0.2) is 5.90 Å². The second-order valence-electron chi connectivity index (χ2n) is 4.67. The standard InChI is InChI=1S/C14H16F3NO/c1-19-13-9-11(14(15,16)17)12(18-13)8-7-10-5-3-2-4-6-10/h2-6,11-12H,7-9H2,1H3. The van der Waals surface area contributed by atoms with Gasteiger partial charge in [-0.15, -0.1) is 0 Å². The highest BCUT2D eigenvalue weighted by Gasteiger charge is 2.48. The zero-order chi connectivity index (χ0) is 13.9. The van der Waals surface area contributed by atoms with Gasteiger partial charge >= 0.3 is 6.18 Å². The minimum absolute atomic E-state index is 0.139. The van der Waals surface area contributed by atoms with Gasteiger partial charge in [0.25, 0.3) is 0 Å². The van der Waals surface area contributed by atoms with Crippen LogP contribution in [0.2, 0.25) is 0 Å². The van der Waals surface area contributed by atoms with Crippen molar-refractivity contribution < 1.29 is 17.9 Å². The number of halogens is 3. The number of benzene rings is 1. The van der Waals surface area contributed by atoms with Crippen LogP contribution in [0.5, 0.6) is 0 Å². The van der Waals surface area contributed by atoms with E-state index in [1.54, 1.807) is 0 Å². The third-order valence-electron chi connectivity index (χ3n) is 3.40. The van der Waals surface area contributed by atoms with Gasteiger partial charge in [-0.3, -0.25) is 4.99 Å². The first-order valence-electron chi connectivity index (χ1n) is 6.22. The second-order valence-corrected chi connectivity index (χ2v) is 4.67. The lowest BCUT2D eigenvalue weighted by Crippen LogP contribution is -2.30. The summed E-state index contributed by atoms with van der Waals surface area (Å²) >= 11 is 0. The van der Waals surface area contributed by atoms with Crippen molar-refractivity contribution in [3.8, 4) is 0 Å². The molecule has 1 aliphatic heterocycles. The molecule has 2 rings (SSSR count). The number of nitrogens with zero attached hydrogens (tertiary/aromatic N) is 1. The lowest BCUT2D eigenvalue weighted by atomic mass is 9.93. The quantitative estimate of drug-likeness (QED) is 0.823. The monoisotopic (exact) mass is 271 g/mol. The first-order chi connectivity index (χ1) is 9.00. The molecule has 0 radical (unpaired) electrons. The summed E-state index contributed by atoms with van der Waals surface area (Å²) in [6.45, 7) is 0. The predicted molar refractivity (Wildman–Crippen MR) is 67.2 cm³/mol. The van der Waals surface area contributed by atoms with Crippen LogP contribution in [-0.2, 0) is 11.2 Å². The molecule has 0 saturated heterocycles. The Morgan fingerprint density at radius 2 is 1.95 bits per heavy atom. The van der Waals surface area contributed by atoms with Crippen LogP contribution in [0.15, 0.2) is 35.3 Å². The number of hydrogen-bond acceptors (Lipinski definition) is 2. The molecule has 0 fully saturated rings. The number of alkyl halides is 3. The van der Waals surface area contributed by atoms with E-state index in [0.29, 0.717) is 12.8 Å². The topological polar surface area (TPSA) is 21.6 Å². The van der Waals surface area contributed by atoms with Crippen LogP contribution in [-0.4, -0.2) is 25.2 Å². The Balaban J connectivity index is 2.02. The van der Waals surface area contributed by atoms with Gasteiger partial charge in [0.05, 0.1) is 19.1 Å². The summed E-state index contributed by atoms with van der Waals surface area (Å²) in [7, 11) is 1.37. The summed E-state index contributed by atoms with van der Waals surface area (Å²) in [5.41, 5.74) is 1.03. The Morgan fingerprint density at radius 1 is 1.26 bits per heavy atom. The van der Waals surface area contributed by atoms with Gasteiger partial charge in [-0.05, 0) is 18.4 Å². The molecule has 1 aliphatic rings. The van der Waals surface area contributed by atoms with E-state index in [4.69, 9.17) is 4.74 Å². The first-order valence-corrected chi connectivity index (χ1v) is 6.22. The number of aryl methyl sites for hydroxylation is 1. The SMILES string of the molecule is COC1=NC(CCc2ccccc2)C(C(F)(F)F)C1. The summed E-state index contributed by atoms with van der Waals surface area (Å²) in [4.78, 5) is 4.04. The van der Waals surface area contributed by atoms with E-state index in [-0.39, 0.29) is 12.3 Å². The van der Waals surface area contributed by atoms with E-state index >= 15 is 0 Å². The molecule has 0 amide bonds. The number of aliphatic imine (C=N–C) groups is 1. The largest absolute Gasteiger partial charge is 0.484 e. The van der Waals surface area contributed by atoms with Crippen molar-refractivity contribution in [2.45, 2.75) is 31.5 Å².